The van der Waals surface area contributed by atoms with Crippen molar-refractivity contribution in [2.75, 3.05) is 26.4 Å². The van der Waals surface area contributed by atoms with Crippen molar-refractivity contribution in [3.63, 3.8) is 0 Å². The lowest BCUT2D eigenvalue weighted by Gasteiger charge is -2.21. The molecule has 0 spiro atoms. The van der Waals surface area contributed by atoms with Crippen molar-refractivity contribution in [3.05, 3.63) is 37.5 Å². The number of esters is 3. The first kappa shape index (κ1) is 40.2. The van der Waals surface area contributed by atoms with Gasteiger partial charge in [0.05, 0.1) is 6.61 Å². The zero-order chi connectivity index (χ0) is 25.6. The van der Waals surface area contributed by atoms with Gasteiger partial charge in [-0.3, -0.25) is 0 Å². The lowest BCUT2D eigenvalue weighted by Crippen LogP contribution is -2.33. The van der Waals surface area contributed by atoms with E-state index in [0.29, 0.717) is 18.8 Å². The molecule has 0 bridgehead atoms. The van der Waals surface area contributed by atoms with E-state index in [4.69, 9.17) is 23.1 Å². The van der Waals surface area contributed by atoms with Crippen molar-refractivity contribution in [1.29, 1.82) is 0 Å². The van der Waals surface area contributed by atoms with Crippen molar-refractivity contribution in [3.8, 4) is 0 Å². The van der Waals surface area contributed by atoms with Gasteiger partial charge in [0.2, 0.25) is 0 Å². The van der Waals surface area contributed by atoms with Gasteiger partial charge < -0.3 is 23.1 Å². The molecular formula is C25H50O8Si2. The number of hydrogen-bond acceptors (Lipinski definition) is 8. The van der Waals surface area contributed by atoms with Crippen LogP contribution < -0.4 is 0 Å². The van der Waals surface area contributed by atoms with Crippen molar-refractivity contribution in [2.45, 2.75) is 79.8 Å². The van der Waals surface area contributed by atoms with Crippen LogP contribution in [0.3, 0.4) is 0 Å². The van der Waals surface area contributed by atoms with E-state index in [1.165, 1.54) is 12.5 Å². The number of ether oxygens (including phenoxy) is 3. The molecule has 0 fully saturated rings. The Balaban J connectivity index is -0.000000281. The maximum atomic E-state index is 11.4. The fraction of sp³-hybridized carbons (Fsp3) is 0.640. The van der Waals surface area contributed by atoms with Gasteiger partial charge in [-0.15, -0.1) is 0 Å². The molecule has 0 radical (unpaired) electrons. The molecule has 10 heteroatoms. The monoisotopic (exact) mass is 534 g/mol. The fourth-order valence-corrected chi connectivity index (χ4v) is 5.64. The molecule has 0 aromatic carbocycles. The van der Waals surface area contributed by atoms with Crippen LogP contribution in [-0.2, 0) is 37.4 Å². The number of hydrogen-bond donors (Lipinski definition) is 0. The van der Waals surface area contributed by atoms with E-state index >= 15 is 0 Å². The van der Waals surface area contributed by atoms with Crippen LogP contribution in [0, 0.1) is 0 Å². The quantitative estimate of drug-likeness (QED) is 0.0867. The van der Waals surface area contributed by atoms with Crippen molar-refractivity contribution in [1.82, 2.24) is 0 Å². The summed E-state index contributed by atoms with van der Waals surface area (Å²) in [4.78, 5) is 33.0. The largest absolute Gasteiger partial charge is 0.460 e. The van der Waals surface area contributed by atoms with Crippen molar-refractivity contribution >= 4 is 36.0 Å². The van der Waals surface area contributed by atoms with Gasteiger partial charge in [-0.1, -0.05) is 61.3 Å². The molecule has 8 nitrogen and oxygen atoms in total. The van der Waals surface area contributed by atoms with Gasteiger partial charge in [-0.2, -0.15) is 0 Å². The first-order valence-electron chi connectivity index (χ1n) is 11.3. The maximum Gasteiger partial charge on any atom is 0.333 e. The van der Waals surface area contributed by atoms with Crippen LogP contribution in [0.25, 0.3) is 0 Å². The highest BCUT2D eigenvalue weighted by molar-refractivity contribution is 6.50. The van der Waals surface area contributed by atoms with Crippen LogP contribution in [0.5, 0.6) is 0 Å². The van der Waals surface area contributed by atoms with Crippen molar-refractivity contribution in [2.24, 2.45) is 0 Å². The zero-order valence-corrected chi connectivity index (χ0v) is 23.2. The topological polar surface area (TPSA) is 97.4 Å². The van der Waals surface area contributed by atoms with Crippen LogP contribution in [0.4, 0.5) is 0 Å². The molecule has 0 N–H and O–H groups in total. The van der Waals surface area contributed by atoms with E-state index in [2.05, 4.69) is 46.7 Å². The SMILES string of the molecule is C.C.C=CC(=O)OCC(COC(=O)C(=C)C)O[SiH](C)CCC.C=CC(=O)OCCO[SiH](C)CCC. The van der Waals surface area contributed by atoms with Gasteiger partial charge in [0, 0.05) is 17.7 Å². The Bertz CT molecular complexity index is 610. The summed E-state index contributed by atoms with van der Waals surface area (Å²) in [6, 6.07) is 2.19. The van der Waals surface area contributed by atoms with E-state index in [9.17, 15) is 14.4 Å². The van der Waals surface area contributed by atoms with Crippen molar-refractivity contribution < 1.29 is 37.4 Å². The Kier molecular flexibility index (Phi) is 30.5. The summed E-state index contributed by atoms with van der Waals surface area (Å²) in [7, 11) is -2.34. The van der Waals surface area contributed by atoms with Gasteiger partial charge in [-0.05, 0) is 32.1 Å². The van der Waals surface area contributed by atoms with E-state index in [0.717, 1.165) is 24.6 Å². The molecule has 0 rings (SSSR count). The Hall–Kier alpha value is -2.02. The molecule has 0 aliphatic heterocycles. The second-order valence-corrected chi connectivity index (χ2v) is 12.4. The number of carbonyl (C=O) groups is 3. The number of rotatable bonds is 17. The van der Waals surface area contributed by atoms with E-state index in [-0.39, 0.29) is 34.0 Å². The van der Waals surface area contributed by atoms with E-state index < -0.39 is 36.1 Å². The third-order valence-corrected chi connectivity index (χ3v) is 8.47. The average Bonchev–Trinajstić information content (AvgIpc) is 2.78. The second kappa shape index (κ2) is 26.6. The summed E-state index contributed by atoms with van der Waals surface area (Å²) in [5.41, 5.74) is 0.325. The molecule has 0 aliphatic carbocycles. The van der Waals surface area contributed by atoms with Gasteiger partial charge >= 0.3 is 17.9 Å². The fourth-order valence-electron chi connectivity index (χ4n) is 2.40. The van der Waals surface area contributed by atoms with E-state index in [1.54, 1.807) is 6.92 Å². The summed E-state index contributed by atoms with van der Waals surface area (Å²) >= 11 is 0. The molecule has 206 valence electrons. The normalized spacial score (nSPS) is 12.0. The lowest BCUT2D eigenvalue weighted by atomic mass is 10.3. The smallest absolute Gasteiger partial charge is 0.333 e. The van der Waals surface area contributed by atoms with Crippen LogP contribution in [-0.4, -0.2) is 68.5 Å². The third-order valence-electron chi connectivity index (χ3n) is 4.04. The Morgan fingerprint density at radius 3 is 1.80 bits per heavy atom. The predicted octanol–water partition coefficient (Wildman–Crippen LogP) is 4.75. The van der Waals surface area contributed by atoms with Gasteiger partial charge in [0.1, 0.15) is 25.9 Å². The highest BCUT2D eigenvalue weighted by Gasteiger charge is 2.18. The third kappa shape index (κ3) is 26.4. The predicted molar refractivity (Wildman–Crippen MR) is 149 cm³/mol. The average molecular weight is 535 g/mol. The minimum absolute atomic E-state index is 0. The summed E-state index contributed by atoms with van der Waals surface area (Å²) in [5.74, 6) is -1.37. The molecule has 35 heavy (non-hydrogen) atoms. The van der Waals surface area contributed by atoms with E-state index in [1.807, 2.05) is 0 Å². The molecule has 0 saturated heterocycles. The van der Waals surface area contributed by atoms with Gasteiger partial charge in [0.15, 0.2) is 18.1 Å². The number of carbonyl (C=O) groups excluding carboxylic acids is 3. The first-order chi connectivity index (χ1) is 15.6. The molecule has 0 aromatic rings. The van der Waals surface area contributed by atoms with Gasteiger partial charge in [-0.25, -0.2) is 14.4 Å². The minimum atomic E-state index is -1.35. The lowest BCUT2D eigenvalue weighted by molar-refractivity contribution is -0.146. The first-order valence-corrected chi connectivity index (χ1v) is 16.2. The molecule has 3 atom stereocenters. The highest BCUT2D eigenvalue weighted by Crippen LogP contribution is 2.06. The summed E-state index contributed by atoms with van der Waals surface area (Å²) in [5, 5.41) is 0. The van der Waals surface area contributed by atoms with Crippen LogP contribution in [0.1, 0.15) is 48.5 Å². The van der Waals surface area contributed by atoms with Gasteiger partial charge in [0.25, 0.3) is 0 Å². The zero-order valence-electron chi connectivity index (χ0n) is 20.9. The minimum Gasteiger partial charge on any atom is -0.460 e. The molecule has 0 aromatic heterocycles. The molecule has 3 unspecified atom stereocenters. The summed E-state index contributed by atoms with van der Waals surface area (Å²) in [6.45, 7) is 21.1. The Morgan fingerprint density at radius 2 is 1.31 bits per heavy atom. The maximum absolute atomic E-state index is 11.4. The Labute approximate surface area is 217 Å². The van der Waals surface area contributed by atoms with Crippen LogP contribution in [0.15, 0.2) is 37.5 Å². The van der Waals surface area contributed by atoms with Crippen LogP contribution >= 0.6 is 0 Å². The molecule has 0 aliphatic rings. The standard InChI is InChI=1S/C14H24O5Si.C9H18O3Si.2CH4/c1-6-8-20(5)19-12(9-17-13(15)7-2)10-18-14(16)11(3)4;1-4-8-13(3)12-7-6-11-9(10)5-2;;/h7,12,20H,2-3,6,8-10H2,1,4-5H3;5,13H,2,4,6-8H2,1,3H3;2*1H4. The second-order valence-electron chi connectivity index (χ2n) is 7.41. The highest BCUT2D eigenvalue weighted by atomic mass is 28.3. The summed E-state index contributed by atoms with van der Waals surface area (Å²) < 4.78 is 26.1. The Morgan fingerprint density at radius 1 is 0.829 bits per heavy atom. The molecule has 0 saturated carbocycles. The summed E-state index contributed by atoms with van der Waals surface area (Å²) in [6.07, 6.45) is 4.02. The molecular weight excluding hydrogens is 484 g/mol. The van der Waals surface area contributed by atoms with Crippen LogP contribution in [0.2, 0.25) is 25.2 Å². The molecule has 0 amide bonds. The molecule has 0 heterocycles.